The van der Waals surface area contributed by atoms with Crippen LogP contribution in [0.5, 0.6) is 0 Å². The van der Waals surface area contributed by atoms with E-state index >= 15 is 0 Å². The molecule has 4 rings (SSSR count). The van der Waals surface area contributed by atoms with Gasteiger partial charge in [0.1, 0.15) is 11.9 Å². The van der Waals surface area contributed by atoms with Crippen LogP contribution < -0.4 is 0 Å². The number of hydrogen-bond donors (Lipinski definition) is 1. The number of benzene rings is 1. The Bertz CT molecular complexity index is 891. The van der Waals surface area contributed by atoms with Gasteiger partial charge in [0.25, 0.3) is 5.91 Å². The summed E-state index contributed by atoms with van der Waals surface area (Å²) in [4.78, 5) is 23.2. The molecule has 1 aliphatic rings. The lowest BCUT2D eigenvalue weighted by molar-refractivity contribution is -0.0249. The molecule has 0 spiro atoms. The number of aryl methyl sites for hydroxylation is 1. The SMILES string of the molecule is Cc1nccc(C2CN(C(=O)c3n[nH]c4ccccc34)CCO2)n1. The van der Waals surface area contributed by atoms with E-state index in [-0.39, 0.29) is 12.0 Å². The van der Waals surface area contributed by atoms with Gasteiger partial charge in [-0.2, -0.15) is 5.10 Å². The lowest BCUT2D eigenvalue weighted by Gasteiger charge is -2.32. The van der Waals surface area contributed by atoms with Crippen LogP contribution in [0.3, 0.4) is 0 Å². The van der Waals surface area contributed by atoms with Crippen molar-refractivity contribution in [3.05, 3.63) is 53.7 Å². The number of rotatable bonds is 2. The van der Waals surface area contributed by atoms with Gasteiger partial charge in [0.2, 0.25) is 0 Å². The number of ether oxygens (including phenoxy) is 1. The zero-order valence-corrected chi connectivity index (χ0v) is 13.3. The van der Waals surface area contributed by atoms with Crippen molar-refractivity contribution in [1.82, 2.24) is 25.1 Å². The molecule has 24 heavy (non-hydrogen) atoms. The number of H-pyrrole nitrogens is 1. The van der Waals surface area contributed by atoms with Gasteiger partial charge in [0.15, 0.2) is 5.69 Å². The fourth-order valence-corrected chi connectivity index (χ4v) is 2.94. The molecule has 1 atom stereocenters. The molecule has 0 aliphatic carbocycles. The highest BCUT2D eigenvalue weighted by Crippen LogP contribution is 2.23. The van der Waals surface area contributed by atoms with E-state index in [1.54, 1.807) is 11.1 Å². The molecule has 1 N–H and O–H groups in total. The normalized spacial score (nSPS) is 18.0. The summed E-state index contributed by atoms with van der Waals surface area (Å²) in [6, 6.07) is 9.45. The molecule has 1 amide bonds. The van der Waals surface area contributed by atoms with Crippen molar-refractivity contribution in [3.63, 3.8) is 0 Å². The molecule has 122 valence electrons. The van der Waals surface area contributed by atoms with E-state index < -0.39 is 0 Å². The van der Waals surface area contributed by atoms with Crippen LogP contribution in [0.4, 0.5) is 0 Å². The fourth-order valence-electron chi connectivity index (χ4n) is 2.94. The van der Waals surface area contributed by atoms with Gasteiger partial charge in [-0.15, -0.1) is 0 Å². The molecule has 7 nitrogen and oxygen atoms in total. The highest BCUT2D eigenvalue weighted by molar-refractivity contribution is 6.04. The van der Waals surface area contributed by atoms with Gasteiger partial charge in [-0.1, -0.05) is 18.2 Å². The maximum atomic E-state index is 12.9. The Balaban J connectivity index is 1.58. The van der Waals surface area contributed by atoms with Crippen molar-refractivity contribution in [1.29, 1.82) is 0 Å². The number of aromatic nitrogens is 4. The Labute approximate surface area is 138 Å². The van der Waals surface area contributed by atoms with E-state index in [9.17, 15) is 4.79 Å². The van der Waals surface area contributed by atoms with Gasteiger partial charge in [-0.3, -0.25) is 9.89 Å². The summed E-state index contributed by atoms with van der Waals surface area (Å²) >= 11 is 0. The number of carbonyl (C=O) groups is 1. The molecule has 1 unspecified atom stereocenters. The summed E-state index contributed by atoms with van der Waals surface area (Å²) < 4.78 is 5.79. The predicted molar refractivity (Wildman–Crippen MR) is 87.5 cm³/mol. The van der Waals surface area contributed by atoms with E-state index in [0.29, 0.717) is 31.2 Å². The number of para-hydroxylation sites is 1. The van der Waals surface area contributed by atoms with Crippen LogP contribution in [0.2, 0.25) is 0 Å². The van der Waals surface area contributed by atoms with Gasteiger partial charge in [-0.05, 0) is 19.1 Å². The molecule has 1 aromatic carbocycles. The number of nitrogens with zero attached hydrogens (tertiary/aromatic N) is 4. The molecule has 0 saturated carbocycles. The maximum Gasteiger partial charge on any atom is 0.275 e. The van der Waals surface area contributed by atoms with E-state index in [1.807, 2.05) is 37.3 Å². The van der Waals surface area contributed by atoms with Crippen molar-refractivity contribution in [2.24, 2.45) is 0 Å². The van der Waals surface area contributed by atoms with Crippen molar-refractivity contribution in [3.8, 4) is 0 Å². The molecular weight excluding hydrogens is 306 g/mol. The van der Waals surface area contributed by atoms with Crippen LogP contribution in [-0.2, 0) is 4.74 Å². The number of carbonyl (C=O) groups excluding carboxylic acids is 1. The van der Waals surface area contributed by atoms with Crippen LogP contribution >= 0.6 is 0 Å². The monoisotopic (exact) mass is 323 g/mol. The van der Waals surface area contributed by atoms with E-state index in [4.69, 9.17) is 4.74 Å². The molecule has 3 aromatic rings. The first-order valence-corrected chi connectivity index (χ1v) is 7.86. The van der Waals surface area contributed by atoms with Gasteiger partial charge >= 0.3 is 0 Å². The molecule has 3 heterocycles. The number of hydrogen-bond acceptors (Lipinski definition) is 5. The lowest BCUT2D eigenvalue weighted by atomic mass is 10.1. The number of amides is 1. The van der Waals surface area contributed by atoms with Crippen LogP contribution in [0.15, 0.2) is 36.5 Å². The number of fused-ring (bicyclic) bond motifs is 1. The number of nitrogens with one attached hydrogen (secondary N) is 1. The van der Waals surface area contributed by atoms with Gasteiger partial charge in [-0.25, -0.2) is 9.97 Å². The van der Waals surface area contributed by atoms with Crippen LogP contribution in [-0.4, -0.2) is 50.7 Å². The zero-order chi connectivity index (χ0) is 16.5. The summed E-state index contributed by atoms with van der Waals surface area (Å²) in [7, 11) is 0. The number of aromatic amines is 1. The summed E-state index contributed by atoms with van der Waals surface area (Å²) in [6.07, 6.45) is 1.47. The lowest BCUT2D eigenvalue weighted by Crippen LogP contribution is -2.42. The van der Waals surface area contributed by atoms with Crippen molar-refractivity contribution >= 4 is 16.8 Å². The minimum Gasteiger partial charge on any atom is -0.368 e. The molecule has 2 aromatic heterocycles. The number of morpholine rings is 1. The predicted octanol–water partition coefficient (Wildman–Crippen LogP) is 1.88. The second-order valence-corrected chi connectivity index (χ2v) is 5.76. The molecule has 1 aliphatic heterocycles. The highest BCUT2D eigenvalue weighted by Gasteiger charge is 2.29. The smallest absolute Gasteiger partial charge is 0.275 e. The average molecular weight is 323 g/mol. The van der Waals surface area contributed by atoms with Crippen LogP contribution in [0.1, 0.15) is 28.1 Å². The van der Waals surface area contributed by atoms with Crippen molar-refractivity contribution in [2.45, 2.75) is 13.0 Å². The summed E-state index contributed by atoms with van der Waals surface area (Å²) in [5.74, 6) is 0.601. The third-order valence-corrected chi connectivity index (χ3v) is 4.15. The molecule has 1 fully saturated rings. The maximum absolute atomic E-state index is 12.9. The van der Waals surface area contributed by atoms with E-state index in [0.717, 1.165) is 16.6 Å². The Morgan fingerprint density at radius 1 is 1.33 bits per heavy atom. The van der Waals surface area contributed by atoms with Crippen molar-refractivity contribution < 1.29 is 9.53 Å². The Hall–Kier alpha value is -2.80. The van der Waals surface area contributed by atoms with Crippen LogP contribution in [0, 0.1) is 6.92 Å². The van der Waals surface area contributed by atoms with Gasteiger partial charge < -0.3 is 9.64 Å². The Kier molecular flexibility index (Phi) is 3.70. The van der Waals surface area contributed by atoms with E-state index in [1.165, 1.54) is 0 Å². The zero-order valence-electron chi connectivity index (χ0n) is 13.3. The molecule has 0 bridgehead atoms. The Morgan fingerprint density at radius 3 is 3.08 bits per heavy atom. The Morgan fingerprint density at radius 2 is 2.21 bits per heavy atom. The van der Waals surface area contributed by atoms with Crippen LogP contribution in [0.25, 0.3) is 10.9 Å². The quantitative estimate of drug-likeness (QED) is 0.778. The minimum absolute atomic E-state index is 0.0912. The second-order valence-electron chi connectivity index (χ2n) is 5.76. The average Bonchev–Trinajstić information content (AvgIpc) is 3.05. The van der Waals surface area contributed by atoms with Crippen molar-refractivity contribution in [2.75, 3.05) is 19.7 Å². The minimum atomic E-state index is -0.241. The van der Waals surface area contributed by atoms with E-state index in [2.05, 4.69) is 20.2 Å². The highest BCUT2D eigenvalue weighted by atomic mass is 16.5. The first-order valence-electron chi connectivity index (χ1n) is 7.86. The topological polar surface area (TPSA) is 84.0 Å². The first-order chi connectivity index (χ1) is 11.7. The molecule has 7 heteroatoms. The molecule has 0 radical (unpaired) electrons. The second kappa shape index (κ2) is 6.01. The third kappa shape index (κ3) is 2.63. The molecular formula is C17H17N5O2. The molecule has 1 saturated heterocycles. The summed E-state index contributed by atoms with van der Waals surface area (Å²) in [6.45, 7) is 3.31. The van der Waals surface area contributed by atoms with Gasteiger partial charge in [0, 0.05) is 18.1 Å². The standard InChI is InChI=1S/C17H17N5O2/c1-11-18-7-6-14(19-11)15-10-22(8-9-24-15)17(23)16-12-4-2-3-5-13(12)20-21-16/h2-7,15H,8-10H2,1H3,(H,20,21). The summed E-state index contributed by atoms with van der Waals surface area (Å²) in [5.41, 5.74) is 2.11. The largest absolute Gasteiger partial charge is 0.368 e. The third-order valence-electron chi connectivity index (χ3n) is 4.15. The summed E-state index contributed by atoms with van der Waals surface area (Å²) in [5, 5.41) is 7.95. The first kappa shape index (κ1) is 14.8. The van der Waals surface area contributed by atoms with Gasteiger partial charge in [0.05, 0.1) is 24.4 Å². The fraction of sp³-hybridized carbons (Fsp3) is 0.294.